The summed E-state index contributed by atoms with van der Waals surface area (Å²) in [7, 11) is 0. The van der Waals surface area contributed by atoms with Crippen LogP contribution in [-0.2, 0) is 6.18 Å². The number of hydrogen-bond donors (Lipinski definition) is 1. The van der Waals surface area contributed by atoms with Gasteiger partial charge in [-0.05, 0) is 31.5 Å². The third-order valence-corrected chi connectivity index (χ3v) is 4.57. The Kier molecular flexibility index (Phi) is 3.99. The third-order valence-electron chi connectivity index (χ3n) is 3.62. The minimum atomic E-state index is -4.32. The molecule has 1 fully saturated rings. The van der Waals surface area contributed by atoms with Crippen LogP contribution in [0.15, 0.2) is 29.6 Å². The number of thiazole rings is 1. The molecule has 1 N–H and O–H groups in total. The Morgan fingerprint density at radius 3 is 2.81 bits per heavy atom. The topological polar surface area (TPSA) is 24.9 Å². The lowest BCUT2D eigenvalue weighted by molar-refractivity contribution is -0.137. The van der Waals surface area contributed by atoms with Gasteiger partial charge in [0.05, 0.1) is 17.3 Å². The van der Waals surface area contributed by atoms with Crippen molar-refractivity contribution in [2.24, 2.45) is 0 Å². The molecule has 112 valence electrons. The Morgan fingerprint density at radius 1 is 1.24 bits per heavy atom. The van der Waals surface area contributed by atoms with E-state index >= 15 is 0 Å². The van der Waals surface area contributed by atoms with E-state index in [1.807, 2.05) is 5.38 Å². The van der Waals surface area contributed by atoms with Crippen molar-refractivity contribution in [3.05, 3.63) is 40.2 Å². The number of piperidine rings is 1. The van der Waals surface area contributed by atoms with E-state index in [9.17, 15) is 13.2 Å². The number of halogens is 3. The molecule has 0 amide bonds. The van der Waals surface area contributed by atoms with Gasteiger partial charge in [0.2, 0.25) is 0 Å². The molecule has 21 heavy (non-hydrogen) atoms. The maximum absolute atomic E-state index is 12.8. The van der Waals surface area contributed by atoms with E-state index in [0.717, 1.165) is 36.5 Å². The van der Waals surface area contributed by atoms with Crippen molar-refractivity contribution in [3.63, 3.8) is 0 Å². The average Bonchev–Trinajstić information content (AvgIpc) is 2.97. The van der Waals surface area contributed by atoms with Crippen molar-refractivity contribution in [1.29, 1.82) is 0 Å². The second kappa shape index (κ2) is 5.77. The number of hydrogen-bond acceptors (Lipinski definition) is 3. The molecule has 1 aromatic carbocycles. The van der Waals surface area contributed by atoms with E-state index in [4.69, 9.17) is 0 Å². The SMILES string of the molecule is FC(F)(F)c1cccc(-c2csc(C3CCCCN3)n2)c1. The van der Waals surface area contributed by atoms with Crippen LogP contribution in [-0.4, -0.2) is 11.5 Å². The summed E-state index contributed by atoms with van der Waals surface area (Å²) >= 11 is 1.51. The van der Waals surface area contributed by atoms with Crippen LogP contribution >= 0.6 is 11.3 Å². The first kappa shape index (κ1) is 14.5. The fourth-order valence-corrected chi connectivity index (χ4v) is 3.44. The molecule has 1 aliphatic heterocycles. The van der Waals surface area contributed by atoms with E-state index in [2.05, 4.69) is 10.3 Å². The number of alkyl halides is 3. The molecule has 6 heteroatoms. The molecule has 1 aromatic heterocycles. The molecule has 1 saturated heterocycles. The standard InChI is InChI=1S/C15H15F3N2S/c16-15(17,18)11-5-3-4-10(8-11)13-9-21-14(20-13)12-6-1-2-7-19-12/h3-5,8-9,12,19H,1-2,6-7H2. The van der Waals surface area contributed by atoms with E-state index in [1.165, 1.54) is 23.8 Å². The Hall–Kier alpha value is -1.40. The summed E-state index contributed by atoms with van der Waals surface area (Å²) in [6.45, 7) is 0.975. The van der Waals surface area contributed by atoms with Crippen molar-refractivity contribution in [2.75, 3.05) is 6.54 Å². The summed E-state index contributed by atoms with van der Waals surface area (Å²) in [4.78, 5) is 4.52. The van der Waals surface area contributed by atoms with Crippen LogP contribution in [0.4, 0.5) is 13.2 Å². The Morgan fingerprint density at radius 2 is 2.10 bits per heavy atom. The predicted octanol–water partition coefficient (Wildman–Crippen LogP) is 4.64. The van der Waals surface area contributed by atoms with Crippen LogP contribution in [0.25, 0.3) is 11.3 Å². The molecule has 2 aromatic rings. The summed E-state index contributed by atoms with van der Waals surface area (Å²) < 4.78 is 38.3. The summed E-state index contributed by atoms with van der Waals surface area (Å²) in [5.74, 6) is 0. The molecule has 2 heterocycles. The lowest BCUT2D eigenvalue weighted by atomic mass is 10.1. The van der Waals surface area contributed by atoms with Gasteiger partial charge in [0.15, 0.2) is 0 Å². The fourth-order valence-electron chi connectivity index (χ4n) is 2.50. The van der Waals surface area contributed by atoms with Gasteiger partial charge in [-0.1, -0.05) is 18.6 Å². The minimum Gasteiger partial charge on any atom is -0.308 e. The zero-order valence-electron chi connectivity index (χ0n) is 11.3. The molecule has 0 bridgehead atoms. The normalized spacial score (nSPS) is 19.7. The molecular weight excluding hydrogens is 297 g/mol. The first-order chi connectivity index (χ1) is 10.0. The van der Waals surface area contributed by atoms with Gasteiger partial charge in [0.25, 0.3) is 0 Å². The van der Waals surface area contributed by atoms with E-state index in [0.29, 0.717) is 11.3 Å². The highest BCUT2D eigenvalue weighted by Gasteiger charge is 2.30. The second-order valence-electron chi connectivity index (χ2n) is 5.15. The number of aromatic nitrogens is 1. The average molecular weight is 312 g/mol. The molecule has 1 aliphatic rings. The maximum Gasteiger partial charge on any atom is 0.416 e. The molecule has 0 radical (unpaired) electrons. The van der Waals surface area contributed by atoms with Gasteiger partial charge in [-0.25, -0.2) is 4.98 Å². The second-order valence-corrected chi connectivity index (χ2v) is 6.04. The molecule has 0 spiro atoms. The molecule has 0 saturated carbocycles. The quantitative estimate of drug-likeness (QED) is 0.873. The van der Waals surface area contributed by atoms with Gasteiger partial charge >= 0.3 is 6.18 Å². The molecule has 1 atom stereocenters. The fraction of sp³-hybridized carbons (Fsp3) is 0.400. The lowest BCUT2D eigenvalue weighted by Gasteiger charge is -2.21. The van der Waals surface area contributed by atoms with Crippen molar-refractivity contribution in [1.82, 2.24) is 10.3 Å². The maximum atomic E-state index is 12.8. The monoisotopic (exact) mass is 312 g/mol. The molecule has 1 unspecified atom stereocenters. The lowest BCUT2D eigenvalue weighted by Crippen LogP contribution is -2.26. The summed E-state index contributed by atoms with van der Waals surface area (Å²) in [5, 5.41) is 6.20. The van der Waals surface area contributed by atoms with Crippen LogP contribution in [0.1, 0.15) is 35.9 Å². The summed E-state index contributed by atoms with van der Waals surface area (Å²) in [5.41, 5.74) is 0.502. The largest absolute Gasteiger partial charge is 0.416 e. The minimum absolute atomic E-state index is 0.239. The van der Waals surface area contributed by atoms with Crippen LogP contribution in [0.2, 0.25) is 0 Å². The van der Waals surface area contributed by atoms with Crippen LogP contribution in [0.5, 0.6) is 0 Å². The summed E-state index contributed by atoms with van der Waals surface area (Å²) in [6.07, 6.45) is -0.951. The zero-order chi connectivity index (χ0) is 14.9. The zero-order valence-corrected chi connectivity index (χ0v) is 12.1. The smallest absolute Gasteiger partial charge is 0.308 e. The number of nitrogens with one attached hydrogen (secondary N) is 1. The van der Waals surface area contributed by atoms with Gasteiger partial charge in [-0.2, -0.15) is 13.2 Å². The molecule has 2 nitrogen and oxygen atoms in total. The van der Waals surface area contributed by atoms with E-state index in [1.54, 1.807) is 6.07 Å². The van der Waals surface area contributed by atoms with Crippen molar-refractivity contribution in [3.8, 4) is 11.3 Å². The molecule has 0 aliphatic carbocycles. The van der Waals surface area contributed by atoms with Gasteiger partial charge in [-0.15, -0.1) is 11.3 Å². The first-order valence-corrected chi connectivity index (χ1v) is 7.78. The van der Waals surface area contributed by atoms with Crippen LogP contribution in [0, 0.1) is 0 Å². The number of rotatable bonds is 2. The Labute approximate surface area is 125 Å². The van der Waals surface area contributed by atoms with Crippen molar-refractivity contribution in [2.45, 2.75) is 31.5 Å². The third kappa shape index (κ3) is 3.27. The van der Waals surface area contributed by atoms with Gasteiger partial charge in [0, 0.05) is 10.9 Å². The Balaban J connectivity index is 1.86. The molecular formula is C15H15F3N2S. The van der Waals surface area contributed by atoms with Gasteiger partial charge in [-0.3, -0.25) is 0 Å². The Bertz CT molecular complexity index is 615. The van der Waals surface area contributed by atoms with E-state index < -0.39 is 11.7 Å². The summed E-state index contributed by atoms with van der Waals surface area (Å²) in [6, 6.07) is 5.58. The predicted molar refractivity (Wildman–Crippen MR) is 77.1 cm³/mol. The molecule has 3 rings (SSSR count). The van der Waals surface area contributed by atoms with Crippen molar-refractivity contribution < 1.29 is 13.2 Å². The highest BCUT2D eigenvalue weighted by atomic mass is 32.1. The first-order valence-electron chi connectivity index (χ1n) is 6.90. The van der Waals surface area contributed by atoms with Crippen molar-refractivity contribution >= 4 is 11.3 Å². The van der Waals surface area contributed by atoms with Crippen LogP contribution in [0.3, 0.4) is 0 Å². The highest BCUT2D eigenvalue weighted by molar-refractivity contribution is 7.10. The van der Waals surface area contributed by atoms with Gasteiger partial charge < -0.3 is 5.32 Å². The van der Waals surface area contributed by atoms with Gasteiger partial charge in [0.1, 0.15) is 5.01 Å². The number of nitrogens with zero attached hydrogens (tertiary/aromatic N) is 1. The highest BCUT2D eigenvalue weighted by Crippen LogP contribution is 2.34. The van der Waals surface area contributed by atoms with Crippen LogP contribution < -0.4 is 5.32 Å². The number of benzene rings is 1. The van der Waals surface area contributed by atoms with E-state index in [-0.39, 0.29) is 6.04 Å².